The van der Waals surface area contributed by atoms with Gasteiger partial charge in [0, 0.05) is 5.56 Å². The van der Waals surface area contributed by atoms with E-state index >= 15 is 0 Å². The smallest absolute Gasteiger partial charge is 0.196 e. The van der Waals surface area contributed by atoms with E-state index in [0.717, 1.165) is 22.4 Å². The van der Waals surface area contributed by atoms with Crippen LogP contribution < -0.4 is 10.5 Å². The first-order chi connectivity index (χ1) is 7.63. The molecule has 2 N–H and O–H groups in total. The number of ether oxygens (including phenoxy) is 1. The fourth-order valence-electron chi connectivity index (χ4n) is 1.65. The molecule has 84 valence electrons. The average molecular weight is 219 g/mol. The number of nitrogens with zero attached hydrogens (tertiary/aromatic N) is 2. The minimum Gasteiger partial charge on any atom is -0.496 e. The van der Waals surface area contributed by atoms with Gasteiger partial charge in [0.05, 0.1) is 7.11 Å². The summed E-state index contributed by atoms with van der Waals surface area (Å²) in [6.45, 7) is 3.93. The molecule has 0 unspecified atom stereocenters. The van der Waals surface area contributed by atoms with Gasteiger partial charge in [0.1, 0.15) is 5.75 Å². The Morgan fingerprint density at radius 2 is 1.94 bits per heavy atom. The van der Waals surface area contributed by atoms with Crippen LogP contribution in [0.1, 0.15) is 11.1 Å². The summed E-state index contributed by atoms with van der Waals surface area (Å²) in [4.78, 5) is 0. The van der Waals surface area contributed by atoms with Crippen molar-refractivity contribution >= 4 is 5.82 Å². The zero-order valence-electron chi connectivity index (χ0n) is 9.44. The number of nitrogens with two attached hydrogens (primary N) is 1. The van der Waals surface area contributed by atoms with Crippen LogP contribution in [0.5, 0.6) is 5.75 Å². The predicted molar refractivity (Wildman–Crippen MR) is 60.2 cm³/mol. The molecule has 16 heavy (non-hydrogen) atoms. The number of nitrogen functional groups attached to an aromatic ring is 1. The van der Waals surface area contributed by atoms with E-state index in [9.17, 15) is 0 Å². The third-order valence-electron chi connectivity index (χ3n) is 2.51. The summed E-state index contributed by atoms with van der Waals surface area (Å²) in [7, 11) is 1.65. The van der Waals surface area contributed by atoms with E-state index in [-0.39, 0.29) is 0 Å². The number of aromatic nitrogens is 2. The van der Waals surface area contributed by atoms with Gasteiger partial charge in [0.2, 0.25) is 0 Å². The Kier molecular flexibility index (Phi) is 2.52. The Bertz CT molecular complexity index is 520. The van der Waals surface area contributed by atoms with Crippen molar-refractivity contribution in [2.75, 3.05) is 12.8 Å². The van der Waals surface area contributed by atoms with E-state index < -0.39 is 0 Å². The Balaban J connectivity index is 2.59. The van der Waals surface area contributed by atoms with Gasteiger partial charge in [-0.3, -0.25) is 0 Å². The van der Waals surface area contributed by atoms with Crippen molar-refractivity contribution in [1.82, 2.24) is 10.3 Å². The number of aryl methyl sites for hydroxylation is 2. The van der Waals surface area contributed by atoms with E-state index in [1.807, 2.05) is 26.0 Å². The second-order valence-corrected chi connectivity index (χ2v) is 3.63. The highest BCUT2D eigenvalue weighted by molar-refractivity contribution is 5.73. The Morgan fingerprint density at radius 3 is 2.50 bits per heavy atom. The molecule has 0 fully saturated rings. The van der Waals surface area contributed by atoms with Gasteiger partial charge in [0.15, 0.2) is 11.5 Å². The molecule has 1 aromatic carbocycles. The van der Waals surface area contributed by atoms with Crippen LogP contribution >= 0.6 is 0 Å². The molecular formula is C11H13N3O2. The van der Waals surface area contributed by atoms with Crippen LogP contribution in [0.3, 0.4) is 0 Å². The normalized spacial score (nSPS) is 10.4. The zero-order valence-corrected chi connectivity index (χ0v) is 9.44. The van der Waals surface area contributed by atoms with Crippen molar-refractivity contribution in [2.45, 2.75) is 13.8 Å². The SMILES string of the molecule is COc1cc(C)c(-c2nonc2N)cc1C. The average Bonchev–Trinajstić information content (AvgIpc) is 2.67. The first kappa shape index (κ1) is 10.5. The molecule has 0 atom stereocenters. The topological polar surface area (TPSA) is 74.2 Å². The van der Waals surface area contributed by atoms with Crippen LogP contribution in [0.25, 0.3) is 11.3 Å². The maximum atomic E-state index is 5.66. The van der Waals surface area contributed by atoms with Crippen molar-refractivity contribution in [3.8, 4) is 17.0 Å². The molecule has 5 nitrogen and oxygen atoms in total. The number of methoxy groups -OCH3 is 1. The quantitative estimate of drug-likeness (QED) is 0.835. The molecular weight excluding hydrogens is 206 g/mol. The van der Waals surface area contributed by atoms with Gasteiger partial charge in [-0.05, 0) is 47.4 Å². The first-order valence-corrected chi connectivity index (χ1v) is 4.87. The van der Waals surface area contributed by atoms with E-state index in [1.54, 1.807) is 7.11 Å². The molecule has 1 heterocycles. The summed E-state index contributed by atoms with van der Waals surface area (Å²) in [5.74, 6) is 1.14. The molecule has 0 spiro atoms. The van der Waals surface area contributed by atoms with Crippen LogP contribution in [0, 0.1) is 13.8 Å². The second kappa shape index (κ2) is 3.84. The van der Waals surface area contributed by atoms with Gasteiger partial charge in [-0.1, -0.05) is 0 Å². The molecule has 0 saturated heterocycles. The molecule has 2 aromatic rings. The summed E-state index contributed by atoms with van der Waals surface area (Å²) in [5.41, 5.74) is 9.19. The largest absolute Gasteiger partial charge is 0.496 e. The number of hydrogen-bond donors (Lipinski definition) is 1. The fourth-order valence-corrected chi connectivity index (χ4v) is 1.65. The van der Waals surface area contributed by atoms with Crippen LogP contribution in [0.4, 0.5) is 5.82 Å². The molecule has 0 aliphatic carbocycles. The van der Waals surface area contributed by atoms with Crippen molar-refractivity contribution in [3.63, 3.8) is 0 Å². The maximum absolute atomic E-state index is 5.66. The second-order valence-electron chi connectivity index (χ2n) is 3.63. The lowest BCUT2D eigenvalue weighted by Crippen LogP contribution is -1.94. The highest BCUT2D eigenvalue weighted by Crippen LogP contribution is 2.31. The molecule has 0 bridgehead atoms. The highest BCUT2D eigenvalue weighted by atomic mass is 16.6. The summed E-state index contributed by atoms with van der Waals surface area (Å²) in [6.07, 6.45) is 0. The minimum absolute atomic E-state index is 0.299. The lowest BCUT2D eigenvalue weighted by atomic mass is 10.0. The number of benzene rings is 1. The molecule has 1 aromatic heterocycles. The van der Waals surface area contributed by atoms with Gasteiger partial charge in [0.25, 0.3) is 0 Å². The Morgan fingerprint density at radius 1 is 1.19 bits per heavy atom. The molecule has 0 radical (unpaired) electrons. The lowest BCUT2D eigenvalue weighted by molar-refractivity contribution is 0.310. The summed E-state index contributed by atoms with van der Waals surface area (Å²) < 4.78 is 9.83. The van der Waals surface area contributed by atoms with Crippen LogP contribution in [-0.4, -0.2) is 17.4 Å². The van der Waals surface area contributed by atoms with Crippen LogP contribution in [-0.2, 0) is 0 Å². The van der Waals surface area contributed by atoms with Gasteiger partial charge in [-0.25, -0.2) is 4.63 Å². The van der Waals surface area contributed by atoms with Gasteiger partial charge >= 0.3 is 0 Å². The van der Waals surface area contributed by atoms with Gasteiger partial charge < -0.3 is 10.5 Å². The summed E-state index contributed by atoms with van der Waals surface area (Å²) >= 11 is 0. The third kappa shape index (κ3) is 1.60. The van der Waals surface area contributed by atoms with Crippen molar-refractivity contribution < 1.29 is 9.37 Å². The van der Waals surface area contributed by atoms with Crippen LogP contribution in [0.15, 0.2) is 16.8 Å². The monoisotopic (exact) mass is 219 g/mol. The summed E-state index contributed by atoms with van der Waals surface area (Å²) in [5, 5.41) is 7.36. The van der Waals surface area contributed by atoms with Gasteiger partial charge in [-0.15, -0.1) is 0 Å². The number of rotatable bonds is 2. The molecule has 5 heteroatoms. The first-order valence-electron chi connectivity index (χ1n) is 4.87. The minimum atomic E-state index is 0.299. The molecule has 0 aliphatic heterocycles. The van der Waals surface area contributed by atoms with E-state index in [2.05, 4.69) is 14.9 Å². The highest BCUT2D eigenvalue weighted by Gasteiger charge is 2.13. The van der Waals surface area contributed by atoms with E-state index in [1.165, 1.54) is 0 Å². The molecule has 0 aliphatic rings. The standard InChI is InChI=1S/C11H13N3O2/c1-6-5-9(15-3)7(2)4-8(6)10-11(12)14-16-13-10/h4-5H,1-3H3,(H2,12,14). The number of hydrogen-bond acceptors (Lipinski definition) is 5. The Hall–Kier alpha value is -2.04. The molecule has 2 rings (SSSR count). The van der Waals surface area contributed by atoms with Crippen LogP contribution in [0.2, 0.25) is 0 Å². The fraction of sp³-hybridized carbons (Fsp3) is 0.273. The zero-order chi connectivity index (χ0) is 11.7. The lowest BCUT2D eigenvalue weighted by Gasteiger charge is -2.09. The third-order valence-corrected chi connectivity index (χ3v) is 2.51. The number of anilines is 1. The maximum Gasteiger partial charge on any atom is 0.196 e. The van der Waals surface area contributed by atoms with Gasteiger partial charge in [-0.2, -0.15) is 0 Å². The molecule has 0 amide bonds. The van der Waals surface area contributed by atoms with Crippen molar-refractivity contribution in [3.05, 3.63) is 23.3 Å². The summed E-state index contributed by atoms with van der Waals surface area (Å²) in [6, 6.07) is 3.91. The predicted octanol–water partition coefficient (Wildman–Crippen LogP) is 1.94. The van der Waals surface area contributed by atoms with E-state index in [0.29, 0.717) is 11.5 Å². The van der Waals surface area contributed by atoms with E-state index in [4.69, 9.17) is 10.5 Å². The molecule has 0 saturated carbocycles. The van der Waals surface area contributed by atoms with Crippen molar-refractivity contribution in [2.24, 2.45) is 0 Å². The van der Waals surface area contributed by atoms with Crippen molar-refractivity contribution in [1.29, 1.82) is 0 Å². The Labute approximate surface area is 93.2 Å².